The summed E-state index contributed by atoms with van der Waals surface area (Å²) in [5.74, 6) is 0. The molecule has 1 unspecified atom stereocenters. The van der Waals surface area contributed by atoms with Crippen molar-refractivity contribution in [1.29, 1.82) is 0 Å². The van der Waals surface area contributed by atoms with Gasteiger partial charge in [-0.15, -0.1) is 0 Å². The Labute approximate surface area is 225 Å². The molecule has 0 bridgehead atoms. The smallest absolute Gasteiger partial charge is 0.241 e. The van der Waals surface area contributed by atoms with Gasteiger partial charge in [-0.2, -0.15) is 0 Å². The average Bonchev–Trinajstić information content (AvgIpc) is 2.92. The van der Waals surface area contributed by atoms with E-state index in [1.807, 2.05) is 0 Å². The lowest BCUT2D eigenvalue weighted by molar-refractivity contribution is 0.529. The summed E-state index contributed by atoms with van der Waals surface area (Å²) in [6.45, 7) is -0.183. The van der Waals surface area contributed by atoms with Crippen molar-refractivity contribution in [2.45, 2.75) is 22.3 Å². The molecule has 0 saturated heterocycles. The Kier molecular flexibility index (Phi) is 7.42. The maximum Gasteiger partial charge on any atom is 0.241 e. The number of hydrogen-bond donors (Lipinski definition) is 2. The van der Waals surface area contributed by atoms with E-state index in [1.165, 1.54) is 24.5 Å². The molecule has 0 spiro atoms. The van der Waals surface area contributed by atoms with Gasteiger partial charge in [0.25, 0.3) is 0 Å². The fourth-order valence-electron chi connectivity index (χ4n) is 4.29. The summed E-state index contributed by atoms with van der Waals surface area (Å²) < 4.78 is 59.0. The van der Waals surface area contributed by atoms with Crippen LogP contribution in [0.15, 0.2) is 107 Å². The molecule has 5 aromatic rings. The first-order valence-electron chi connectivity index (χ1n) is 11.6. The van der Waals surface area contributed by atoms with Gasteiger partial charge in [0.2, 0.25) is 20.0 Å². The molecular weight excluding hydrogens is 544 g/mol. The summed E-state index contributed by atoms with van der Waals surface area (Å²) >= 11 is 6.01. The topological polar surface area (TPSA) is 118 Å². The summed E-state index contributed by atoms with van der Waals surface area (Å²) in [5.41, 5.74) is 0.791. The summed E-state index contributed by atoms with van der Waals surface area (Å²) in [7, 11) is -8.01. The zero-order valence-electron chi connectivity index (χ0n) is 20.0. The van der Waals surface area contributed by atoms with Crippen LogP contribution < -0.4 is 9.44 Å². The van der Waals surface area contributed by atoms with Crippen LogP contribution in [0.5, 0.6) is 0 Å². The molecule has 0 aliphatic heterocycles. The second-order valence-corrected chi connectivity index (χ2v) is 12.6. The minimum absolute atomic E-state index is 0.0860. The minimum atomic E-state index is -4.03. The number of rotatable bonds is 9. The molecule has 194 valence electrons. The van der Waals surface area contributed by atoms with E-state index in [-0.39, 0.29) is 22.8 Å². The summed E-state index contributed by atoms with van der Waals surface area (Å²) in [4.78, 5) is 8.28. The lowest BCUT2D eigenvalue weighted by Crippen LogP contribution is -2.45. The second kappa shape index (κ2) is 10.8. The number of nitrogens with zero attached hydrogens (tertiary/aromatic N) is 2. The van der Waals surface area contributed by atoms with E-state index in [0.717, 1.165) is 5.56 Å². The first kappa shape index (κ1) is 26.2. The predicted octanol–water partition coefficient (Wildman–Crippen LogP) is 4.30. The van der Waals surface area contributed by atoms with E-state index in [2.05, 4.69) is 19.4 Å². The second-order valence-electron chi connectivity index (χ2n) is 8.71. The van der Waals surface area contributed by atoms with Gasteiger partial charge in [0, 0.05) is 63.9 Å². The number of hydrogen-bond acceptors (Lipinski definition) is 6. The molecule has 0 amide bonds. The Morgan fingerprint density at radius 3 is 1.84 bits per heavy atom. The van der Waals surface area contributed by atoms with Crippen molar-refractivity contribution in [3.63, 3.8) is 0 Å². The summed E-state index contributed by atoms with van der Waals surface area (Å²) in [6.07, 6.45) is 6.46. The molecule has 0 aliphatic rings. The highest BCUT2D eigenvalue weighted by molar-refractivity contribution is 7.90. The molecule has 5 rings (SSSR count). The molecule has 0 aliphatic carbocycles. The molecule has 11 heteroatoms. The number of benzene rings is 3. The molecule has 0 fully saturated rings. The zero-order valence-corrected chi connectivity index (χ0v) is 22.3. The van der Waals surface area contributed by atoms with Crippen molar-refractivity contribution in [3.8, 4) is 0 Å². The van der Waals surface area contributed by atoms with Gasteiger partial charge in [0.05, 0.1) is 9.79 Å². The minimum Gasteiger partial charge on any atom is -0.264 e. The molecule has 0 radical (unpaired) electrons. The largest absolute Gasteiger partial charge is 0.264 e. The highest BCUT2D eigenvalue weighted by Crippen LogP contribution is 2.24. The third-order valence-corrected chi connectivity index (χ3v) is 9.41. The van der Waals surface area contributed by atoms with Crippen LogP contribution in [0.25, 0.3) is 21.5 Å². The molecule has 1 atom stereocenters. The fraction of sp³-hybridized carbons (Fsp3) is 0.111. The van der Waals surface area contributed by atoms with Gasteiger partial charge in [0.15, 0.2) is 0 Å². The zero-order chi connectivity index (χ0) is 26.8. The van der Waals surface area contributed by atoms with Crippen molar-refractivity contribution in [2.75, 3.05) is 6.54 Å². The van der Waals surface area contributed by atoms with Crippen molar-refractivity contribution in [2.24, 2.45) is 0 Å². The monoisotopic (exact) mass is 566 g/mol. The van der Waals surface area contributed by atoms with E-state index < -0.39 is 26.1 Å². The number of aromatic nitrogens is 2. The van der Waals surface area contributed by atoms with Crippen molar-refractivity contribution < 1.29 is 16.8 Å². The van der Waals surface area contributed by atoms with E-state index in [0.29, 0.717) is 26.6 Å². The quantitative estimate of drug-likeness (QED) is 0.274. The van der Waals surface area contributed by atoms with Crippen LogP contribution in [0.3, 0.4) is 0 Å². The normalized spacial score (nSPS) is 13.1. The lowest BCUT2D eigenvalue weighted by Gasteiger charge is -2.21. The number of fused-ring (bicyclic) bond motifs is 2. The van der Waals surface area contributed by atoms with Crippen molar-refractivity contribution >= 4 is 53.2 Å². The van der Waals surface area contributed by atoms with Gasteiger partial charge in [-0.3, -0.25) is 9.97 Å². The third kappa shape index (κ3) is 5.69. The number of pyridine rings is 2. The molecule has 0 saturated carbocycles. The maximum absolute atomic E-state index is 13.5. The summed E-state index contributed by atoms with van der Waals surface area (Å²) in [6, 6.07) is 19.3. The Morgan fingerprint density at radius 2 is 1.26 bits per heavy atom. The van der Waals surface area contributed by atoms with E-state index in [4.69, 9.17) is 11.6 Å². The molecule has 38 heavy (non-hydrogen) atoms. The van der Waals surface area contributed by atoms with Crippen LogP contribution in [0, 0.1) is 0 Å². The number of nitrogens with one attached hydrogen (secondary N) is 2. The average molecular weight is 567 g/mol. The Bertz CT molecular complexity index is 1820. The molecular formula is C27H23ClN4O4S2. The van der Waals surface area contributed by atoms with Gasteiger partial charge >= 0.3 is 0 Å². The molecule has 2 N–H and O–H groups in total. The first-order chi connectivity index (χ1) is 18.2. The Hall–Kier alpha value is -3.41. The molecule has 2 aromatic heterocycles. The van der Waals surface area contributed by atoms with Crippen molar-refractivity contribution in [1.82, 2.24) is 19.4 Å². The maximum atomic E-state index is 13.5. The Morgan fingerprint density at radius 1 is 0.711 bits per heavy atom. The van der Waals surface area contributed by atoms with Crippen molar-refractivity contribution in [3.05, 3.63) is 108 Å². The van der Waals surface area contributed by atoms with Gasteiger partial charge < -0.3 is 0 Å². The summed E-state index contributed by atoms with van der Waals surface area (Å²) in [5, 5.41) is 2.94. The standard InChI is InChI=1S/C27H23ClN4O4S2/c28-22-9-7-19(8-10-22)15-23(32-38(35,36)27-6-2-4-21-17-30-14-12-25(21)27)18-31-37(33,34)26-5-1-3-20-16-29-13-11-24(20)26/h1-14,16-17,23,31-32H,15,18H2. The highest BCUT2D eigenvalue weighted by atomic mass is 35.5. The third-order valence-electron chi connectivity index (χ3n) is 6.10. The number of halogens is 1. The van der Waals surface area contributed by atoms with E-state index >= 15 is 0 Å². The van der Waals surface area contributed by atoms with Crippen LogP contribution in [0.2, 0.25) is 5.02 Å². The Balaban J connectivity index is 1.46. The van der Waals surface area contributed by atoms with Gasteiger partial charge in [-0.1, -0.05) is 48.0 Å². The van der Waals surface area contributed by atoms with Gasteiger partial charge in [0.1, 0.15) is 0 Å². The lowest BCUT2D eigenvalue weighted by atomic mass is 10.1. The highest BCUT2D eigenvalue weighted by Gasteiger charge is 2.25. The fourth-order valence-corrected chi connectivity index (χ4v) is 7.19. The van der Waals surface area contributed by atoms with E-state index in [9.17, 15) is 16.8 Å². The van der Waals surface area contributed by atoms with Crippen LogP contribution in [-0.2, 0) is 26.5 Å². The predicted molar refractivity (Wildman–Crippen MR) is 148 cm³/mol. The van der Waals surface area contributed by atoms with Gasteiger partial charge in [-0.05, 0) is 48.4 Å². The van der Waals surface area contributed by atoms with Crippen LogP contribution in [0.4, 0.5) is 0 Å². The molecule has 2 heterocycles. The van der Waals surface area contributed by atoms with Crippen LogP contribution in [-0.4, -0.2) is 39.4 Å². The van der Waals surface area contributed by atoms with E-state index in [1.54, 1.807) is 73.1 Å². The SMILES string of the molecule is O=S(=O)(NCC(Cc1ccc(Cl)cc1)NS(=O)(=O)c1cccc2cnccc12)c1cccc2cnccc12. The molecule has 3 aromatic carbocycles. The van der Waals surface area contributed by atoms with Crippen LogP contribution >= 0.6 is 11.6 Å². The van der Waals surface area contributed by atoms with Crippen LogP contribution in [0.1, 0.15) is 5.56 Å². The first-order valence-corrected chi connectivity index (χ1v) is 15.0. The molecule has 8 nitrogen and oxygen atoms in total. The van der Waals surface area contributed by atoms with Gasteiger partial charge in [-0.25, -0.2) is 26.3 Å². The number of sulfonamides is 2.